The first-order chi connectivity index (χ1) is 8.00. The SMILES string of the molecule is CC1C(=O)N(CCn2cc(N)cn2)C(=O)C1C. The van der Waals surface area contributed by atoms with Gasteiger partial charge in [0.05, 0.1) is 18.4 Å². The van der Waals surface area contributed by atoms with Crippen molar-refractivity contribution in [3.63, 3.8) is 0 Å². The van der Waals surface area contributed by atoms with Crippen LogP contribution >= 0.6 is 0 Å². The number of anilines is 1. The third-order valence-electron chi connectivity index (χ3n) is 3.27. The lowest BCUT2D eigenvalue weighted by Crippen LogP contribution is -2.34. The number of likely N-dealkylation sites (tertiary alicyclic amines) is 1. The van der Waals surface area contributed by atoms with Gasteiger partial charge < -0.3 is 5.73 Å². The molecule has 1 fully saturated rings. The van der Waals surface area contributed by atoms with Gasteiger partial charge >= 0.3 is 0 Å². The number of amides is 2. The van der Waals surface area contributed by atoms with Crippen molar-refractivity contribution in [1.82, 2.24) is 14.7 Å². The predicted octanol–water partition coefficient (Wildman–Crippen LogP) is 0.106. The van der Waals surface area contributed by atoms with Crippen molar-refractivity contribution in [2.24, 2.45) is 11.8 Å². The molecule has 2 unspecified atom stereocenters. The summed E-state index contributed by atoms with van der Waals surface area (Å²) < 4.78 is 1.63. The molecule has 0 radical (unpaired) electrons. The first kappa shape index (κ1) is 11.6. The number of nitrogen functional groups attached to an aromatic ring is 1. The second-order valence-corrected chi connectivity index (χ2v) is 4.44. The maximum atomic E-state index is 11.8. The Labute approximate surface area is 99.4 Å². The molecule has 2 heterocycles. The highest BCUT2D eigenvalue weighted by Gasteiger charge is 2.41. The summed E-state index contributed by atoms with van der Waals surface area (Å²) in [5, 5.41) is 4.01. The minimum absolute atomic E-state index is 0.0948. The van der Waals surface area contributed by atoms with Gasteiger partial charge in [-0.3, -0.25) is 19.2 Å². The molecule has 0 bridgehead atoms. The maximum absolute atomic E-state index is 11.8. The molecule has 0 saturated carbocycles. The van der Waals surface area contributed by atoms with E-state index in [0.717, 1.165) is 0 Å². The third-order valence-corrected chi connectivity index (χ3v) is 3.27. The summed E-state index contributed by atoms with van der Waals surface area (Å²) in [7, 11) is 0. The summed E-state index contributed by atoms with van der Waals surface area (Å²) in [6, 6.07) is 0. The van der Waals surface area contributed by atoms with Gasteiger partial charge in [0.25, 0.3) is 0 Å². The van der Waals surface area contributed by atoms with Crippen LogP contribution in [0, 0.1) is 11.8 Å². The van der Waals surface area contributed by atoms with Crippen molar-refractivity contribution in [3.8, 4) is 0 Å². The lowest BCUT2D eigenvalue weighted by Gasteiger charge is -2.14. The summed E-state index contributed by atoms with van der Waals surface area (Å²) >= 11 is 0. The molecule has 2 atom stereocenters. The second-order valence-electron chi connectivity index (χ2n) is 4.44. The van der Waals surface area contributed by atoms with Crippen LogP contribution in [0.4, 0.5) is 5.69 Å². The van der Waals surface area contributed by atoms with Crippen LogP contribution in [0.5, 0.6) is 0 Å². The van der Waals surface area contributed by atoms with Crippen LogP contribution in [0.25, 0.3) is 0 Å². The van der Waals surface area contributed by atoms with Gasteiger partial charge in [-0.15, -0.1) is 0 Å². The van der Waals surface area contributed by atoms with E-state index < -0.39 is 0 Å². The van der Waals surface area contributed by atoms with Crippen LogP contribution in [0.1, 0.15) is 13.8 Å². The average molecular weight is 236 g/mol. The number of hydrogen-bond acceptors (Lipinski definition) is 4. The Bertz CT molecular complexity index is 434. The molecule has 2 N–H and O–H groups in total. The van der Waals surface area contributed by atoms with E-state index in [0.29, 0.717) is 18.8 Å². The molecular formula is C11H16N4O2. The molecule has 6 nitrogen and oxygen atoms in total. The molecular weight excluding hydrogens is 220 g/mol. The van der Waals surface area contributed by atoms with E-state index in [4.69, 9.17) is 5.73 Å². The van der Waals surface area contributed by atoms with Crippen LogP contribution in [0.15, 0.2) is 12.4 Å². The zero-order valence-electron chi connectivity index (χ0n) is 9.96. The van der Waals surface area contributed by atoms with Crippen molar-refractivity contribution >= 4 is 17.5 Å². The largest absolute Gasteiger partial charge is 0.396 e. The van der Waals surface area contributed by atoms with Crippen molar-refractivity contribution in [2.75, 3.05) is 12.3 Å². The molecule has 2 amide bonds. The Kier molecular flexibility index (Phi) is 2.87. The lowest BCUT2D eigenvalue weighted by atomic mass is 10.00. The second kappa shape index (κ2) is 4.20. The van der Waals surface area contributed by atoms with Gasteiger partial charge in [-0.05, 0) is 0 Å². The number of nitrogens with two attached hydrogens (primary N) is 1. The number of carbonyl (C=O) groups is 2. The van der Waals surface area contributed by atoms with Gasteiger partial charge in [-0.1, -0.05) is 13.8 Å². The quantitative estimate of drug-likeness (QED) is 0.755. The fraction of sp³-hybridized carbons (Fsp3) is 0.545. The van der Waals surface area contributed by atoms with Gasteiger partial charge in [0.2, 0.25) is 11.8 Å². The summed E-state index contributed by atoms with van der Waals surface area (Å²) in [5.74, 6) is -0.624. The van der Waals surface area contributed by atoms with Crippen molar-refractivity contribution in [3.05, 3.63) is 12.4 Å². The molecule has 1 aromatic rings. The maximum Gasteiger partial charge on any atom is 0.232 e. The molecule has 92 valence electrons. The minimum Gasteiger partial charge on any atom is -0.396 e. The molecule has 1 aliphatic heterocycles. The van der Waals surface area contributed by atoms with E-state index in [9.17, 15) is 9.59 Å². The van der Waals surface area contributed by atoms with E-state index in [1.54, 1.807) is 30.9 Å². The molecule has 2 rings (SSSR count). The Hall–Kier alpha value is -1.85. The molecule has 17 heavy (non-hydrogen) atoms. The summed E-state index contributed by atoms with van der Waals surface area (Å²) in [6.07, 6.45) is 3.22. The molecule has 1 aromatic heterocycles. The molecule has 1 aliphatic rings. The molecule has 6 heteroatoms. The molecule has 0 aromatic carbocycles. The molecule has 0 aliphatic carbocycles. The first-order valence-electron chi connectivity index (χ1n) is 5.64. The molecule has 0 spiro atoms. The topological polar surface area (TPSA) is 81.2 Å². The Morgan fingerprint density at radius 2 is 1.82 bits per heavy atom. The van der Waals surface area contributed by atoms with E-state index in [1.165, 1.54) is 4.90 Å². The standard InChI is InChI=1S/C11H16N4O2/c1-7-8(2)11(17)15(10(7)16)4-3-14-6-9(12)5-13-14/h5-8H,3-4,12H2,1-2H3. The van der Waals surface area contributed by atoms with Gasteiger partial charge in [0.1, 0.15) is 0 Å². The van der Waals surface area contributed by atoms with Gasteiger partial charge in [-0.25, -0.2) is 0 Å². The van der Waals surface area contributed by atoms with Crippen LogP contribution < -0.4 is 5.73 Å². The molecule has 1 saturated heterocycles. The monoisotopic (exact) mass is 236 g/mol. The summed E-state index contributed by atoms with van der Waals surface area (Å²) in [4.78, 5) is 24.9. The number of rotatable bonds is 3. The van der Waals surface area contributed by atoms with E-state index >= 15 is 0 Å². The Morgan fingerprint density at radius 3 is 2.29 bits per heavy atom. The highest BCUT2D eigenvalue weighted by molar-refractivity contribution is 6.04. The van der Waals surface area contributed by atoms with E-state index in [2.05, 4.69) is 5.10 Å². The average Bonchev–Trinajstić information content (AvgIpc) is 2.78. The van der Waals surface area contributed by atoms with Crippen molar-refractivity contribution in [2.45, 2.75) is 20.4 Å². The number of imide groups is 1. The third kappa shape index (κ3) is 2.02. The van der Waals surface area contributed by atoms with Crippen LogP contribution in [0.2, 0.25) is 0 Å². The Balaban J connectivity index is 2.00. The fourth-order valence-corrected chi connectivity index (χ4v) is 1.95. The highest BCUT2D eigenvalue weighted by atomic mass is 16.2. The number of hydrogen-bond donors (Lipinski definition) is 1. The number of nitrogens with zero attached hydrogens (tertiary/aromatic N) is 3. The van der Waals surface area contributed by atoms with E-state index in [-0.39, 0.29) is 23.7 Å². The van der Waals surface area contributed by atoms with Crippen LogP contribution in [-0.4, -0.2) is 33.0 Å². The number of aromatic nitrogens is 2. The zero-order chi connectivity index (χ0) is 12.6. The van der Waals surface area contributed by atoms with Crippen LogP contribution in [0.3, 0.4) is 0 Å². The smallest absolute Gasteiger partial charge is 0.232 e. The van der Waals surface area contributed by atoms with Crippen LogP contribution in [-0.2, 0) is 16.1 Å². The van der Waals surface area contributed by atoms with Crippen molar-refractivity contribution < 1.29 is 9.59 Å². The van der Waals surface area contributed by atoms with E-state index in [1.807, 2.05) is 0 Å². The fourth-order valence-electron chi connectivity index (χ4n) is 1.95. The van der Waals surface area contributed by atoms with Gasteiger partial charge in [-0.2, -0.15) is 5.10 Å². The highest BCUT2D eigenvalue weighted by Crippen LogP contribution is 2.24. The predicted molar refractivity (Wildman–Crippen MR) is 61.7 cm³/mol. The normalized spacial score (nSPS) is 24.7. The summed E-state index contributed by atoms with van der Waals surface area (Å²) in [5.41, 5.74) is 6.11. The summed E-state index contributed by atoms with van der Waals surface area (Å²) in [6.45, 7) is 4.41. The zero-order valence-corrected chi connectivity index (χ0v) is 9.96. The lowest BCUT2D eigenvalue weighted by molar-refractivity contribution is -0.139. The Morgan fingerprint density at radius 1 is 1.24 bits per heavy atom. The van der Waals surface area contributed by atoms with Gasteiger partial charge in [0, 0.05) is 24.6 Å². The minimum atomic E-state index is -0.217. The number of carbonyl (C=O) groups excluding carboxylic acids is 2. The first-order valence-corrected chi connectivity index (χ1v) is 5.64. The van der Waals surface area contributed by atoms with Gasteiger partial charge in [0.15, 0.2) is 0 Å². The van der Waals surface area contributed by atoms with Crippen molar-refractivity contribution in [1.29, 1.82) is 0 Å².